The summed E-state index contributed by atoms with van der Waals surface area (Å²) < 4.78 is 22.8. The molecule has 174 valence electrons. The molecule has 0 aliphatic carbocycles. The zero-order chi connectivity index (χ0) is 23.3. The maximum atomic E-state index is 5.89. The number of pyridine rings is 1. The Labute approximate surface area is 199 Å². The van der Waals surface area contributed by atoms with Crippen molar-refractivity contribution < 1.29 is 18.9 Å². The summed E-state index contributed by atoms with van der Waals surface area (Å²) >= 11 is 0. The number of benzene rings is 2. The SMILES string of the molecule is CCOc1ccc([C@H]2COC(c3cccc(C4=N[C@@H](c5ccc(OCC)cc5)CO4)n3)=N2)cc1. The second-order valence-corrected chi connectivity index (χ2v) is 7.93. The molecule has 0 fully saturated rings. The summed E-state index contributed by atoms with van der Waals surface area (Å²) in [5, 5.41) is 0. The third-order valence-corrected chi connectivity index (χ3v) is 5.64. The average molecular weight is 458 g/mol. The molecule has 2 aromatic carbocycles. The van der Waals surface area contributed by atoms with E-state index in [9.17, 15) is 0 Å². The summed E-state index contributed by atoms with van der Waals surface area (Å²) in [6.45, 7) is 6.19. The van der Waals surface area contributed by atoms with Crippen LogP contribution >= 0.6 is 0 Å². The van der Waals surface area contributed by atoms with Gasteiger partial charge in [0.05, 0.1) is 13.2 Å². The molecule has 5 rings (SSSR count). The molecular formula is C27H27N3O4. The summed E-state index contributed by atoms with van der Waals surface area (Å²) in [6, 6.07) is 21.5. The van der Waals surface area contributed by atoms with Gasteiger partial charge >= 0.3 is 0 Å². The Bertz CT molecular complexity index is 1100. The number of ether oxygens (including phenoxy) is 4. The highest BCUT2D eigenvalue weighted by molar-refractivity contribution is 5.97. The van der Waals surface area contributed by atoms with Crippen molar-refractivity contribution in [3.63, 3.8) is 0 Å². The van der Waals surface area contributed by atoms with Gasteiger partial charge in [0.1, 0.15) is 48.2 Å². The summed E-state index contributed by atoms with van der Waals surface area (Å²) in [4.78, 5) is 14.2. The molecule has 7 nitrogen and oxygen atoms in total. The number of hydrogen-bond acceptors (Lipinski definition) is 7. The molecule has 0 bridgehead atoms. The molecule has 0 N–H and O–H groups in total. The highest BCUT2D eigenvalue weighted by Gasteiger charge is 2.26. The highest BCUT2D eigenvalue weighted by atomic mass is 16.5. The first-order valence-corrected chi connectivity index (χ1v) is 11.6. The normalized spacial score (nSPS) is 19.1. The largest absolute Gasteiger partial charge is 0.494 e. The van der Waals surface area contributed by atoms with Crippen molar-refractivity contribution in [2.45, 2.75) is 25.9 Å². The van der Waals surface area contributed by atoms with E-state index >= 15 is 0 Å². The fraction of sp³-hybridized carbons (Fsp3) is 0.296. The molecule has 2 aliphatic heterocycles. The van der Waals surface area contributed by atoms with Crippen LogP contribution in [0.25, 0.3) is 0 Å². The Morgan fingerprint density at radius 2 is 1.12 bits per heavy atom. The number of hydrogen-bond donors (Lipinski definition) is 0. The van der Waals surface area contributed by atoms with Crippen molar-refractivity contribution in [2.24, 2.45) is 9.98 Å². The second-order valence-electron chi connectivity index (χ2n) is 7.93. The van der Waals surface area contributed by atoms with Crippen LogP contribution in [0.5, 0.6) is 11.5 Å². The van der Waals surface area contributed by atoms with Crippen LogP contribution in [-0.4, -0.2) is 43.2 Å². The van der Waals surface area contributed by atoms with Crippen molar-refractivity contribution in [3.8, 4) is 11.5 Å². The van der Waals surface area contributed by atoms with Crippen LogP contribution in [0.2, 0.25) is 0 Å². The van der Waals surface area contributed by atoms with Gasteiger partial charge in [-0.25, -0.2) is 15.0 Å². The monoisotopic (exact) mass is 457 g/mol. The predicted octanol–water partition coefficient (Wildman–Crippen LogP) is 4.92. The zero-order valence-corrected chi connectivity index (χ0v) is 19.3. The van der Waals surface area contributed by atoms with Crippen molar-refractivity contribution in [3.05, 3.63) is 89.2 Å². The Balaban J connectivity index is 1.31. The van der Waals surface area contributed by atoms with Crippen molar-refractivity contribution in [1.29, 1.82) is 0 Å². The van der Waals surface area contributed by atoms with E-state index in [1.54, 1.807) is 0 Å². The van der Waals surface area contributed by atoms with Gasteiger partial charge in [-0.15, -0.1) is 0 Å². The maximum absolute atomic E-state index is 5.89. The molecule has 34 heavy (non-hydrogen) atoms. The Morgan fingerprint density at radius 1 is 0.676 bits per heavy atom. The van der Waals surface area contributed by atoms with Crippen LogP contribution < -0.4 is 9.47 Å². The minimum Gasteiger partial charge on any atom is -0.494 e. The first kappa shape index (κ1) is 21.9. The van der Waals surface area contributed by atoms with Gasteiger partial charge in [-0.2, -0.15) is 0 Å². The molecule has 0 radical (unpaired) electrons. The molecule has 1 aromatic heterocycles. The fourth-order valence-corrected chi connectivity index (χ4v) is 3.95. The lowest BCUT2D eigenvalue weighted by Crippen LogP contribution is -2.09. The molecule has 0 saturated carbocycles. The lowest BCUT2D eigenvalue weighted by atomic mass is 10.1. The number of aromatic nitrogens is 1. The summed E-state index contributed by atoms with van der Waals surface area (Å²) in [7, 11) is 0. The lowest BCUT2D eigenvalue weighted by molar-refractivity contribution is 0.317. The van der Waals surface area contributed by atoms with E-state index in [4.69, 9.17) is 33.9 Å². The van der Waals surface area contributed by atoms with Gasteiger partial charge in [0.2, 0.25) is 11.8 Å². The van der Waals surface area contributed by atoms with Crippen LogP contribution in [0.4, 0.5) is 0 Å². The molecule has 3 heterocycles. The van der Waals surface area contributed by atoms with Gasteiger partial charge < -0.3 is 18.9 Å². The third kappa shape index (κ3) is 4.73. The maximum Gasteiger partial charge on any atom is 0.236 e. The Kier molecular flexibility index (Phi) is 6.42. The number of rotatable bonds is 8. The van der Waals surface area contributed by atoms with E-state index in [2.05, 4.69) is 0 Å². The molecule has 3 aromatic rings. The number of aliphatic imine (C=N–C) groups is 2. The van der Waals surface area contributed by atoms with Crippen LogP contribution in [0.3, 0.4) is 0 Å². The van der Waals surface area contributed by atoms with Gasteiger partial charge in [0.15, 0.2) is 0 Å². The second kappa shape index (κ2) is 9.95. The molecule has 0 unspecified atom stereocenters. The van der Waals surface area contributed by atoms with E-state index in [1.165, 1.54) is 0 Å². The molecule has 0 amide bonds. The Hall–Kier alpha value is -3.87. The van der Waals surface area contributed by atoms with Gasteiger partial charge in [-0.05, 0) is 61.4 Å². The smallest absolute Gasteiger partial charge is 0.236 e. The van der Waals surface area contributed by atoms with Crippen LogP contribution in [0.15, 0.2) is 76.7 Å². The Morgan fingerprint density at radius 3 is 1.53 bits per heavy atom. The topological polar surface area (TPSA) is 74.5 Å². The number of nitrogens with zero attached hydrogens (tertiary/aromatic N) is 3. The molecular weight excluding hydrogens is 430 g/mol. The van der Waals surface area contributed by atoms with Gasteiger partial charge in [0, 0.05) is 0 Å². The molecule has 2 atom stereocenters. The van der Waals surface area contributed by atoms with Crippen molar-refractivity contribution in [1.82, 2.24) is 4.98 Å². The quantitative estimate of drug-likeness (QED) is 0.480. The summed E-state index contributed by atoms with van der Waals surface area (Å²) in [5.41, 5.74) is 3.50. The third-order valence-electron chi connectivity index (χ3n) is 5.64. The van der Waals surface area contributed by atoms with E-state index < -0.39 is 0 Å². The fourth-order valence-electron chi connectivity index (χ4n) is 3.95. The minimum atomic E-state index is -0.0692. The molecule has 0 spiro atoms. The standard InChI is InChI=1S/C27H27N3O4/c1-3-31-20-12-8-18(9-13-20)24-16-33-26(29-24)22-6-5-7-23(28-22)27-30-25(17-34-27)19-10-14-21(15-11-19)32-4-2/h5-15,24-25H,3-4,16-17H2,1-2H3/t24-,25-/m1/s1. The molecule has 2 aliphatic rings. The first-order chi connectivity index (χ1) is 16.7. The zero-order valence-electron chi connectivity index (χ0n) is 19.3. The van der Waals surface area contributed by atoms with Gasteiger partial charge in [0.25, 0.3) is 0 Å². The molecule has 0 saturated heterocycles. The van der Waals surface area contributed by atoms with Crippen molar-refractivity contribution >= 4 is 11.8 Å². The van der Waals surface area contributed by atoms with E-state index in [0.29, 0.717) is 49.6 Å². The predicted molar refractivity (Wildman–Crippen MR) is 130 cm³/mol. The van der Waals surface area contributed by atoms with Crippen LogP contribution in [0, 0.1) is 0 Å². The summed E-state index contributed by atoms with van der Waals surface area (Å²) in [5.74, 6) is 2.76. The van der Waals surface area contributed by atoms with E-state index in [1.807, 2.05) is 80.6 Å². The van der Waals surface area contributed by atoms with Gasteiger partial charge in [-0.3, -0.25) is 0 Å². The molecule has 7 heteroatoms. The summed E-state index contributed by atoms with van der Waals surface area (Å²) in [6.07, 6.45) is 0. The average Bonchev–Trinajstić information content (AvgIpc) is 3.57. The minimum absolute atomic E-state index is 0.0692. The van der Waals surface area contributed by atoms with Crippen molar-refractivity contribution in [2.75, 3.05) is 26.4 Å². The van der Waals surface area contributed by atoms with Crippen LogP contribution in [-0.2, 0) is 9.47 Å². The van der Waals surface area contributed by atoms with Crippen LogP contribution in [0.1, 0.15) is 48.4 Å². The van der Waals surface area contributed by atoms with E-state index in [0.717, 1.165) is 22.6 Å². The highest BCUT2D eigenvalue weighted by Crippen LogP contribution is 2.28. The first-order valence-electron chi connectivity index (χ1n) is 11.6. The lowest BCUT2D eigenvalue weighted by Gasteiger charge is -2.07. The van der Waals surface area contributed by atoms with Gasteiger partial charge in [-0.1, -0.05) is 30.3 Å². The van der Waals surface area contributed by atoms with E-state index in [-0.39, 0.29) is 12.1 Å².